The van der Waals surface area contributed by atoms with Gasteiger partial charge in [0, 0.05) is 42.8 Å². The van der Waals surface area contributed by atoms with Crippen LogP contribution in [0.5, 0.6) is 0 Å². The van der Waals surface area contributed by atoms with Gasteiger partial charge in [-0.1, -0.05) is 52.3 Å². The SMILES string of the molecule is Cc1cccc(C)c1NC(=O)CN1CCN(C(=O)CCc2ccccc2Br)CC1. The van der Waals surface area contributed by atoms with Crippen molar-refractivity contribution in [2.24, 2.45) is 0 Å². The van der Waals surface area contributed by atoms with E-state index < -0.39 is 0 Å². The van der Waals surface area contributed by atoms with E-state index >= 15 is 0 Å². The molecule has 0 unspecified atom stereocenters. The summed E-state index contributed by atoms with van der Waals surface area (Å²) < 4.78 is 1.05. The number of amides is 2. The number of carbonyl (C=O) groups excluding carboxylic acids is 2. The van der Waals surface area contributed by atoms with Crippen LogP contribution in [0, 0.1) is 13.8 Å². The van der Waals surface area contributed by atoms with E-state index in [0.29, 0.717) is 26.1 Å². The van der Waals surface area contributed by atoms with Crippen molar-refractivity contribution in [3.8, 4) is 0 Å². The number of anilines is 1. The second kappa shape index (κ2) is 10.0. The first-order valence-electron chi connectivity index (χ1n) is 10.0. The number of piperazine rings is 1. The number of hydrogen-bond acceptors (Lipinski definition) is 3. The molecule has 0 radical (unpaired) electrons. The first-order chi connectivity index (χ1) is 13.9. The summed E-state index contributed by atoms with van der Waals surface area (Å²) in [7, 11) is 0. The first kappa shape index (κ1) is 21.5. The predicted octanol–water partition coefficient (Wildman–Crippen LogP) is 3.78. The summed E-state index contributed by atoms with van der Waals surface area (Å²) in [5.41, 5.74) is 4.19. The Morgan fingerprint density at radius 3 is 2.28 bits per heavy atom. The monoisotopic (exact) mass is 457 g/mol. The fraction of sp³-hybridized carbons (Fsp3) is 0.391. The van der Waals surface area contributed by atoms with Gasteiger partial charge in [-0.2, -0.15) is 0 Å². The number of hydrogen-bond donors (Lipinski definition) is 1. The van der Waals surface area contributed by atoms with Crippen molar-refractivity contribution in [3.05, 3.63) is 63.6 Å². The van der Waals surface area contributed by atoms with Crippen LogP contribution in [0.15, 0.2) is 46.9 Å². The van der Waals surface area contributed by atoms with E-state index in [9.17, 15) is 9.59 Å². The normalized spacial score (nSPS) is 14.7. The van der Waals surface area contributed by atoms with Crippen LogP contribution in [0.3, 0.4) is 0 Å². The van der Waals surface area contributed by atoms with Crippen LogP contribution in [0.25, 0.3) is 0 Å². The van der Waals surface area contributed by atoms with Gasteiger partial charge in [-0.25, -0.2) is 0 Å². The fourth-order valence-electron chi connectivity index (χ4n) is 3.65. The van der Waals surface area contributed by atoms with E-state index in [0.717, 1.165) is 46.4 Å². The molecule has 0 spiro atoms. The number of halogens is 1. The molecule has 1 heterocycles. The predicted molar refractivity (Wildman–Crippen MR) is 120 cm³/mol. The van der Waals surface area contributed by atoms with E-state index in [2.05, 4.69) is 26.1 Å². The Morgan fingerprint density at radius 1 is 0.966 bits per heavy atom. The molecule has 0 saturated carbocycles. The van der Waals surface area contributed by atoms with Crippen LogP contribution >= 0.6 is 15.9 Å². The van der Waals surface area contributed by atoms with Gasteiger partial charge >= 0.3 is 0 Å². The maximum Gasteiger partial charge on any atom is 0.238 e. The molecule has 1 aliphatic heterocycles. The number of rotatable bonds is 6. The molecule has 154 valence electrons. The highest BCUT2D eigenvalue weighted by molar-refractivity contribution is 9.10. The van der Waals surface area contributed by atoms with Crippen molar-refractivity contribution in [1.29, 1.82) is 0 Å². The van der Waals surface area contributed by atoms with Gasteiger partial charge in [0.25, 0.3) is 0 Å². The zero-order chi connectivity index (χ0) is 20.8. The Hall–Kier alpha value is -2.18. The number of nitrogens with zero attached hydrogens (tertiary/aromatic N) is 2. The minimum Gasteiger partial charge on any atom is -0.340 e. The van der Waals surface area contributed by atoms with Gasteiger partial charge in [0.1, 0.15) is 0 Å². The van der Waals surface area contributed by atoms with Gasteiger partial charge in [-0.15, -0.1) is 0 Å². The Balaban J connectivity index is 1.43. The van der Waals surface area contributed by atoms with Gasteiger partial charge in [0.05, 0.1) is 6.54 Å². The van der Waals surface area contributed by atoms with Gasteiger partial charge in [-0.05, 0) is 43.0 Å². The fourth-order valence-corrected chi connectivity index (χ4v) is 4.13. The molecule has 0 bridgehead atoms. The van der Waals surface area contributed by atoms with Crippen molar-refractivity contribution in [3.63, 3.8) is 0 Å². The highest BCUT2D eigenvalue weighted by atomic mass is 79.9. The summed E-state index contributed by atoms with van der Waals surface area (Å²) in [6.07, 6.45) is 1.24. The molecule has 1 fully saturated rings. The molecule has 1 aliphatic rings. The quantitative estimate of drug-likeness (QED) is 0.717. The average molecular weight is 458 g/mol. The van der Waals surface area contributed by atoms with E-state index in [-0.39, 0.29) is 11.8 Å². The third-order valence-corrected chi connectivity index (χ3v) is 6.18. The second-order valence-electron chi connectivity index (χ2n) is 7.56. The average Bonchev–Trinajstić information content (AvgIpc) is 2.70. The summed E-state index contributed by atoms with van der Waals surface area (Å²) in [6.45, 7) is 7.15. The van der Waals surface area contributed by atoms with Crippen molar-refractivity contribution in [2.45, 2.75) is 26.7 Å². The zero-order valence-electron chi connectivity index (χ0n) is 17.1. The van der Waals surface area contributed by atoms with Gasteiger partial charge in [0.2, 0.25) is 11.8 Å². The van der Waals surface area contributed by atoms with Crippen LogP contribution in [0.4, 0.5) is 5.69 Å². The Bertz CT molecular complexity index is 856. The topological polar surface area (TPSA) is 52.7 Å². The van der Waals surface area contributed by atoms with E-state index in [4.69, 9.17) is 0 Å². The van der Waals surface area contributed by atoms with Crippen molar-refractivity contribution >= 4 is 33.4 Å². The lowest BCUT2D eigenvalue weighted by Gasteiger charge is -2.34. The minimum absolute atomic E-state index is 0.00361. The largest absolute Gasteiger partial charge is 0.340 e. The Labute approximate surface area is 181 Å². The Morgan fingerprint density at radius 2 is 1.62 bits per heavy atom. The molecule has 1 N–H and O–H groups in total. The third kappa shape index (κ3) is 5.90. The lowest BCUT2D eigenvalue weighted by Crippen LogP contribution is -2.50. The molecular formula is C23H28BrN3O2. The van der Waals surface area contributed by atoms with E-state index in [1.165, 1.54) is 0 Å². The molecule has 0 aliphatic carbocycles. The summed E-state index contributed by atoms with van der Waals surface area (Å²) in [5.74, 6) is 0.177. The van der Waals surface area contributed by atoms with Crippen LogP contribution < -0.4 is 5.32 Å². The summed E-state index contributed by atoms with van der Waals surface area (Å²) >= 11 is 3.54. The maximum atomic E-state index is 12.5. The molecule has 0 atom stereocenters. The molecule has 2 amide bonds. The summed E-state index contributed by atoms with van der Waals surface area (Å²) in [4.78, 5) is 29.0. The second-order valence-corrected chi connectivity index (χ2v) is 8.42. The molecule has 29 heavy (non-hydrogen) atoms. The van der Waals surface area contributed by atoms with Crippen molar-refractivity contribution in [2.75, 3.05) is 38.0 Å². The highest BCUT2D eigenvalue weighted by Gasteiger charge is 2.22. The molecule has 3 rings (SSSR count). The molecule has 2 aromatic carbocycles. The van der Waals surface area contributed by atoms with E-state index in [1.54, 1.807) is 0 Å². The molecule has 5 nitrogen and oxygen atoms in total. The number of benzene rings is 2. The molecular weight excluding hydrogens is 430 g/mol. The van der Waals surface area contributed by atoms with Crippen molar-refractivity contribution < 1.29 is 9.59 Å². The smallest absolute Gasteiger partial charge is 0.238 e. The molecule has 2 aromatic rings. The van der Waals surface area contributed by atoms with Crippen LogP contribution in [0.2, 0.25) is 0 Å². The molecule has 6 heteroatoms. The lowest BCUT2D eigenvalue weighted by molar-refractivity contribution is -0.133. The zero-order valence-corrected chi connectivity index (χ0v) is 18.7. The molecule has 0 aromatic heterocycles. The minimum atomic E-state index is -0.00361. The molecule has 1 saturated heterocycles. The number of nitrogens with one attached hydrogen (secondary N) is 1. The maximum absolute atomic E-state index is 12.5. The summed E-state index contributed by atoms with van der Waals surface area (Å²) in [5, 5.41) is 3.04. The van der Waals surface area contributed by atoms with Gasteiger partial charge in [0.15, 0.2) is 0 Å². The lowest BCUT2D eigenvalue weighted by atomic mass is 10.1. The highest BCUT2D eigenvalue weighted by Crippen LogP contribution is 2.20. The number of aryl methyl sites for hydroxylation is 3. The van der Waals surface area contributed by atoms with Crippen LogP contribution in [0.1, 0.15) is 23.1 Å². The van der Waals surface area contributed by atoms with Crippen molar-refractivity contribution in [1.82, 2.24) is 9.80 Å². The van der Waals surface area contributed by atoms with Gasteiger partial charge in [-0.3, -0.25) is 14.5 Å². The van der Waals surface area contributed by atoms with Crippen LogP contribution in [-0.2, 0) is 16.0 Å². The first-order valence-corrected chi connectivity index (χ1v) is 10.8. The number of para-hydroxylation sites is 1. The standard InChI is InChI=1S/C23H28BrN3O2/c1-17-6-5-7-18(2)23(17)25-21(28)16-26-12-14-27(15-13-26)22(29)11-10-19-8-3-4-9-20(19)24/h3-9H,10-16H2,1-2H3,(H,25,28). The van der Waals surface area contributed by atoms with E-state index in [1.807, 2.05) is 61.2 Å². The van der Waals surface area contributed by atoms with Gasteiger partial charge < -0.3 is 10.2 Å². The summed E-state index contributed by atoms with van der Waals surface area (Å²) in [6, 6.07) is 14.0. The number of carbonyl (C=O) groups is 2. The Kier molecular flexibility index (Phi) is 7.45. The third-order valence-electron chi connectivity index (χ3n) is 5.40. The van der Waals surface area contributed by atoms with Crippen LogP contribution in [-0.4, -0.2) is 54.3 Å².